The predicted molar refractivity (Wildman–Crippen MR) is 72.3 cm³/mol. The monoisotopic (exact) mass is 251 g/mol. The molecule has 102 valence electrons. The van der Waals surface area contributed by atoms with E-state index in [2.05, 4.69) is 17.3 Å². The highest BCUT2D eigenvalue weighted by Crippen LogP contribution is 2.26. The minimum Gasteiger partial charge on any atom is -0.389 e. The van der Waals surface area contributed by atoms with E-state index in [4.69, 9.17) is 0 Å². The number of aliphatic hydroxyl groups is 1. The van der Waals surface area contributed by atoms with Gasteiger partial charge in [0.2, 0.25) is 0 Å². The maximum absolute atomic E-state index is 10.5. The van der Waals surface area contributed by atoms with Crippen LogP contribution >= 0.6 is 0 Å². The summed E-state index contributed by atoms with van der Waals surface area (Å²) in [5.41, 5.74) is 0.697. The van der Waals surface area contributed by atoms with Crippen molar-refractivity contribution in [2.24, 2.45) is 0 Å². The zero-order chi connectivity index (χ0) is 12.8. The molecule has 2 rings (SSSR count). The summed E-state index contributed by atoms with van der Waals surface area (Å²) >= 11 is 0. The summed E-state index contributed by atoms with van der Waals surface area (Å²) in [5.74, 6) is 0. The number of hydrogen-bond donors (Lipinski definition) is 2. The average Bonchev–Trinajstić information content (AvgIpc) is 2.70. The zero-order valence-electron chi connectivity index (χ0n) is 11.4. The standard InChI is InChI=1S/C14H25N3O/c1-2-17-13(7-10-16-17)11-15-12-14(18)8-5-3-4-6-9-14/h7,10,15,18H,2-6,8-9,11-12H2,1H3. The molecule has 0 aliphatic heterocycles. The largest absolute Gasteiger partial charge is 0.389 e. The van der Waals surface area contributed by atoms with Gasteiger partial charge >= 0.3 is 0 Å². The van der Waals surface area contributed by atoms with E-state index in [-0.39, 0.29) is 0 Å². The van der Waals surface area contributed by atoms with Crippen LogP contribution in [0.25, 0.3) is 0 Å². The third-order valence-corrected chi connectivity index (χ3v) is 3.90. The minimum atomic E-state index is -0.492. The van der Waals surface area contributed by atoms with E-state index < -0.39 is 5.60 Å². The van der Waals surface area contributed by atoms with Crippen LogP contribution in [-0.2, 0) is 13.1 Å². The van der Waals surface area contributed by atoms with Gasteiger partial charge in [-0.3, -0.25) is 4.68 Å². The Morgan fingerprint density at radius 1 is 1.33 bits per heavy atom. The van der Waals surface area contributed by atoms with Crippen LogP contribution in [0, 0.1) is 0 Å². The van der Waals surface area contributed by atoms with Crippen molar-refractivity contribution in [1.29, 1.82) is 0 Å². The van der Waals surface area contributed by atoms with E-state index in [1.54, 1.807) is 0 Å². The van der Waals surface area contributed by atoms with Crippen molar-refractivity contribution in [3.8, 4) is 0 Å². The van der Waals surface area contributed by atoms with Crippen molar-refractivity contribution >= 4 is 0 Å². The summed E-state index contributed by atoms with van der Waals surface area (Å²) < 4.78 is 1.99. The van der Waals surface area contributed by atoms with Gasteiger partial charge in [-0.2, -0.15) is 5.10 Å². The molecular formula is C14H25N3O. The maximum atomic E-state index is 10.5. The number of nitrogens with one attached hydrogen (secondary N) is 1. The Bertz CT molecular complexity index is 354. The SMILES string of the molecule is CCn1nccc1CNCC1(O)CCCCCC1. The highest BCUT2D eigenvalue weighted by molar-refractivity contribution is 5.00. The molecule has 0 amide bonds. The van der Waals surface area contributed by atoms with Gasteiger partial charge < -0.3 is 10.4 Å². The molecule has 0 spiro atoms. The molecule has 18 heavy (non-hydrogen) atoms. The number of hydrogen-bond acceptors (Lipinski definition) is 3. The summed E-state index contributed by atoms with van der Waals surface area (Å²) in [5, 5.41) is 18.2. The van der Waals surface area contributed by atoms with Gasteiger partial charge in [-0.25, -0.2) is 0 Å². The molecule has 1 aliphatic rings. The summed E-state index contributed by atoms with van der Waals surface area (Å²) in [6, 6.07) is 2.04. The van der Waals surface area contributed by atoms with E-state index in [1.807, 2.05) is 16.9 Å². The van der Waals surface area contributed by atoms with Gasteiger partial charge in [0, 0.05) is 25.8 Å². The normalized spacial score (nSPS) is 19.7. The third kappa shape index (κ3) is 3.56. The van der Waals surface area contributed by atoms with E-state index in [0.717, 1.165) is 38.8 Å². The van der Waals surface area contributed by atoms with Gasteiger partial charge in [0.1, 0.15) is 0 Å². The zero-order valence-corrected chi connectivity index (χ0v) is 11.4. The Hall–Kier alpha value is -0.870. The van der Waals surface area contributed by atoms with Crippen molar-refractivity contribution < 1.29 is 5.11 Å². The Morgan fingerprint density at radius 3 is 2.72 bits per heavy atom. The van der Waals surface area contributed by atoms with Gasteiger partial charge in [0.15, 0.2) is 0 Å². The lowest BCUT2D eigenvalue weighted by Crippen LogP contribution is -2.40. The molecule has 1 heterocycles. The van der Waals surface area contributed by atoms with Crippen LogP contribution in [0.1, 0.15) is 51.1 Å². The van der Waals surface area contributed by atoms with Gasteiger partial charge in [-0.15, -0.1) is 0 Å². The predicted octanol–water partition coefficient (Wildman–Crippen LogP) is 2.08. The summed E-state index contributed by atoms with van der Waals surface area (Å²) in [7, 11) is 0. The summed E-state index contributed by atoms with van der Waals surface area (Å²) in [4.78, 5) is 0. The van der Waals surface area contributed by atoms with Crippen LogP contribution in [-0.4, -0.2) is 27.0 Å². The first kappa shape index (κ1) is 13.6. The average molecular weight is 251 g/mol. The highest BCUT2D eigenvalue weighted by Gasteiger charge is 2.27. The molecule has 1 aromatic rings. The van der Waals surface area contributed by atoms with Crippen molar-refractivity contribution in [1.82, 2.24) is 15.1 Å². The Balaban J connectivity index is 1.80. The second kappa shape index (κ2) is 6.34. The molecule has 1 aromatic heterocycles. The fourth-order valence-electron chi connectivity index (χ4n) is 2.78. The molecule has 1 saturated carbocycles. The fourth-order valence-corrected chi connectivity index (χ4v) is 2.78. The van der Waals surface area contributed by atoms with Crippen molar-refractivity contribution in [2.45, 2.75) is 64.1 Å². The Kier molecular flexibility index (Phi) is 4.78. The lowest BCUT2D eigenvalue weighted by molar-refractivity contribution is 0.0249. The van der Waals surface area contributed by atoms with Crippen LogP contribution in [0.4, 0.5) is 0 Å². The molecule has 0 saturated heterocycles. The minimum absolute atomic E-state index is 0.492. The van der Waals surface area contributed by atoms with Crippen molar-refractivity contribution in [3.63, 3.8) is 0 Å². The lowest BCUT2D eigenvalue weighted by atomic mass is 9.94. The van der Waals surface area contributed by atoms with E-state index in [0.29, 0.717) is 6.54 Å². The molecule has 0 unspecified atom stereocenters. The molecule has 4 heteroatoms. The first-order valence-corrected chi connectivity index (χ1v) is 7.17. The second-order valence-corrected chi connectivity index (χ2v) is 5.38. The Morgan fingerprint density at radius 2 is 2.06 bits per heavy atom. The topological polar surface area (TPSA) is 50.1 Å². The van der Waals surface area contributed by atoms with Crippen molar-refractivity contribution in [2.75, 3.05) is 6.54 Å². The molecule has 0 bridgehead atoms. The molecule has 0 radical (unpaired) electrons. The summed E-state index contributed by atoms with van der Waals surface area (Å²) in [6.07, 6.45) is 8.56. The van der Waals surface area contributed by atoms with Crippen molar-refractivity contribution in [3.05, 3.63) is 18.0 Å². The smallest absolute Gasteiger partial charge is 0.0771 e. The molecule has 0 aromatic carbocycles. The molecule has 4 nitrogen and oxygen atoms in total. The van der Waals surface area contributed by atoms with E-state index in [1.165, 1.54) is 18.5 Å². The number of nitrogens with zero attached hydrogens (tertiary/aromatic N) is 2. The lowest BCUT2D eigenvalue weighted by Gasteiger charge is -2.27. The van der Waals surface area contributed by atoms with Crippen LogP contribution in [0.5, 0.6) is 0 Å². The number of aryl methyl sites for hydroxylation is 1. The van der Waals surface area contributed by atoms with E-state index >= 15 is 0 Å². The van der Waals surface area contributed by atoms with Crippen LogP contribution in [0.15, 0.2) is 12.3 Å². The fraction of sp³-hybridized carbons (Fsp3) is 0.786. The highest BCUT2D eigenvalue weighted by atomic mass is 16.3. The van der Waals surface area contributed by atoms with Gasteiger partial charge in [-0.1, -0.05) is 25.7 Å². The number of aromatic nitrogens is 2. The van der Waals surface area contributed by atoms with Gasteiger partial charge in [0.25, 0.3) is 0 Å². The van der Waals surface area contributed by atoms with Crippen LogP contribution in [0.3, 0.4) is 0 Å². The first-order chi connectivity index (χ1) is 8.73. The van der Waals surface area contributed by atoms with Crippen LogP contribution in [0.2, 0.25) is 0 Å². The van der Waals surface area contributed by atoms with Crippen LogP contribution < -0.4 is 5.32 Å². The first-order valence-electron chi connectivity index (χ1n) is 7.17. The quantitative estimate of drug-likeness (QED) is 0.788. The van der Waals surface area contributed by atoms with Gasteiger partial charge in [0.05, 0.1) is 11.3 Å². The molecule has 1 aliphatic carbocycles. The molecule has 2 N–H and O–H groups in total. The number of rotatable bonds is 5. The Labute approximate surface area is 109 Å². The second-order valence-electron chi connectivity index (χ2n) is 5.38. The molecule has 0 atom stereocenters. The summed E-state index contributed by atoms with van der Waals surface area (Å²) in [6.45, 7) is 4.47. The molecular weight excluding hydrogens is 226 g/mol. The van der Waals surface area contributed by atoms with E-state index in [9.17, 15) is 5.11 Å². The third-order valence-electron chi connectivity index (χ3n) is 3.90. The maximum Gasteiger partial charge on any atom is 0.0771 e. The van der Waals surface area contributed by atoms with Gasteiger partial charge in [-0.05, 0) is 25.8 Å². The molecule has 1 fully saturated rings.